The van der Waals surface area contributed by atoms with Gasteiger partial charge in [-0.25, -0.2) is 8.42 Å². The van der Waals surface area contributed by atoms with Gasteiger partial charge in [0.05, 0.1) is 20.6 Å². The maximum absolute atomic E-state index is 12.6. The van der Waals surface area contributed by atoms with E-state index in [1.165, 1.54) is 7.05 Å². The summed E-state index contributed by atoms with van der Waals surface area (Å²) in [6.07, 6.45) is 1.93. The Morgan fingerprint density at radius 1 is 1.05 bits per heavy atom. The quantitative estimate of drug-likeness (QED) is 0.750. The molecule has 0 amide bonds. The summed E-state index contributed by atoms with van der Waals surface area (Å²) in [6.45, 7) is 0. The Morgan fingerprint density at radius 2 is 1.67 bits per heavy atom. The molecule has 0 saturated carbocycles. The van der Waals surface area contributed by atoms with E-state index >= 15 is 0 Å². The molecule has 0 aliphatic carbocycles. The molecule has 2 rings (SSSR count). The van der Waals surface area contributed by atoms with Gasteiger partial charge in [0.2, 0.25) is 0 Å². The van der Waals surface area contributed by atoms with Crippen LogP contribution in [0.5, 0.6) is 0 Å². The Bertz CT molecular complexity index is 746. The fourth-order valence-electron chi connectivity index (χ4n) is 1.77. The molecule has 0 radical (unpaired) electrons. The monoisotopic (exact) mass is 361 g/mol. The molecule has 0 N–H and O–H groups in total. The molecule has 0 aromatic heterocycles. The molecule has 0 saturated heterocycles. The average molecular weight is 362 g/mol. The van der Waals surface area contributed by atoms with Gasteiger partial charge < -0.3 is 0 Å². The summed E-state index contributed by atoms with van der Waals surface area (Å²) in [6, 6.07) is 11.6. The summed E-state index contributed by atoms with van der Waals surface area (Å²) in [7, 11) is -2.22. The molecule has 7 heteroatoms. The topological polar surface area (TPSA) is 37.4 Å². The van der Waals surface area contributed by atoms with Crippen LogP contribution in [0, 0.1) is 0 Å². The number of nitrogens with zero attached hydrogens (tertiary/aromatic N) is 1. The Hall–Kier alpha value is -0.880. The van der Waals surface area contributed by atoms with E-state index < -0.39 is 10.0 Å². The van der Waals surface area contributed by atoms with E-state index in [0.29, 0.717) is 10.7 Å². The van der Waals surface area contributed by atoms with E-state index in [4.69, 9.17) is 23.2 Å². The van der Waals surface area contributed by atoms with E-state index in [1.54, 1.807) is 54.2 Å². The second-order valence-electron chi connectivity index (χ2n) is 4.22. The number of benzene rings is 2. The first-order valence-electron chi connectivity index (χ1n) is 5.95. The van der Waals surface area contributed by atoms with Crippen molar-refractivity contribution < 1.29 is 8.42 Å². The first-order chi connectivity index (χ1) is 9.87. The summed E-state index contributed by atoms with van der Waals surface area (Å²) in [5.41, 5.74) is 0.345. The van der Waals surface area contributed by atoms with E-state index in [2.05, 4.69) is 0 Å². The van der Waals surface area contributed by atoms with Crippen LogP contribution in [-0.2, 0) is 10.0 Å². The molecule has 0 spiro atoms. The maximum Gasteiger partial charge on any atom is 0.264 e. The van der Waals surface area contributed by atoms with Crippen molar-refractivity contribution in [1.82, 2.24) is 0 Å². The fourth-order valence-corrected chi connectivity index (χ4v) is 3.86. The summed E-state index contributed by atoms with van der Waals surface area (Å²) in [4.78, 5) is 1.20. The Kier molecular flexibility index (Phi) is 5.09. The van der Waals surface area contributed by atoms with E-state index in [9.17, 15) is 8.42 Å². The van der Waals surface area contributed by atoms with Gasteiger partial charge in [0.15, 0.2) is 0 Å². The molecule has 0 bridgehead atoms. The van der Waals surface area contributed by atoms with Gasteiger partial charge in [-0.1, -0.05) is 29.3 Å². The lowest BCUT2D eigenvalue weighted by molar-refractivity contribution is 0.594. The second-order valence-corrected chi connectivity index (χ2v) is 7.86. The maximum atomic E-state index is 12.6. The Labute approximate surface area is 138 Å². The molecule has 3 nitrogen and oxygen atoms in total. The van der Waals surface area contributed by atoms with Gasteiger partial charge in [0, 0.05) is 11.9 Å². The minimum Gasteiger partial charge on any atom is -0.268 e. The van der Waals surface area contributed by atoms with Crippen molar-refractivity contribution in [1.29, 1.82) is 0 Å². The summed E-state index contributed by atoms with van der Waals surface area (Å²) < 4.78 is 26.4. The zero-order valence-electron chi connectivity index (χ0n) is 11.4. The van der Waals surface area contributed by atoms with Crippen LogP contribution in [-0.4, -0.2) is 21.7 Å². The SMILES string of the molecule is CSc1ccc(S(=O)(=O)N(C)c2cccc(Cl)c2Cl)cc1. The first kappa shape index (κ1) is 16.5. The largest absolute Gasteiger partial charge is 0.268 e. The molecule has 2 aromatic carbocycles. The van der Waals surface area contributed by atoms with Gasteiger partial charge in [-0.3, -0.25) is 4.31 Å². The molecule has 112 valence electrons. The molecule has 0 fully saturated rings. The molecule has 2 aromatic rings. The van der Waals surface area contributed by atoms with E-state index in [-0.39, 0.29) is 9.92 Å². The van der Waals surface area contributed by atoms with Crippen LogP contribution in [0.2, 0.25) is 10.0 Å². The molecule has 0 heterocycles. The molecular weight excluding hydrogens is 349 g/mol. The van der Waals surface area contributed by atoms with Crippen molar-refractivity contribution in [2.24, 2.45) is 0 Å². The minimum absolute atomic E-state index is 0.207. The standard InChI is InChI=1S/C14H13Cl2NO2S2/c1-17(13-5-3-4-12(15)14(13)16)21(18,19)11-8-6-10(20-2)7-9-11/h3-9H,1-2H3. The number of rotatable bonds is 4. The zero-order valence-corrected chi connectivity index (χ0v) is 14.5. The van der Waals surface area contributed by atoms with Crippen molar-refractivity contribution in [3.05, 3.63) is 52.5 Å². The lowest BCUT2D eigenvalue weighted by atomic mass is 10.3. The highest BCUT2D eigenvalue weighted by Gasteiger charge is 2.23. The van der Waals surface area contributed by atoms with Gasteiger partial charge >= 0.3 is 0 Å². The van der Waals surface area contributed by atoms with Crippen molar-refractivity contribution in [2.45, 2.75) is 9.79 Å². The highest BCUT2D eigenvalue weighted by molar-refractivity contribution is 7.98. The number of thioether (sulfide) groups is 1. The molecule has 21 heavy (non-hydrogen) atoms. The highest BCUT2D eigenvalue weighted by Crippen LogP contribution is 2.34. The van der Waals surface area contributed by atoms with E-state index in [1.807, 2.05) is 6.26 Å². The van der Waals surface area contributed by atoms with E-state index in [0.717, 1.165) is 9.20 Å². The number of halogens is 2. The molecular formula is C14H13Cl2NO2S2. The van der Waals surface area contributed by atoms with Crippen LogP contribution in [0.15, 0.2) is 52.3 Å². The third-order valence-electron chi connectivity index (χ3n) is 2.99. The van der Waals surface area contributed by atoms with Crippen molar-refractivity contribution >= 4 is 50.7 Å². The fraction of sp³-hybridized carbons (Fsp3) is 0.143. The Morgan fingerprint density at radius 3 is 2.24 bits per heavy atom. The first-order valence-corrected chi connectivity index (χ1v) is 9.37. The summed E-state index contributed by atoms with van der Waals surface area (Å²) in [5.74, 6) is 0. The lowest BCUT2D eigenvalue weighted by Gasteiger charge is -2.21. The average Bonchev–Trinajstić information content (AvgIpc) is 2.49. The lowest BCUT2D eigenvalue weighted by Crippen LogP contribution is -2.26. The third kappa shape index (κ3) is 3.31. The predicted octanol–water partition coefficient (Wildman–Crippen LogP) is 4.54. The predicted molar refractivity (Wildman–Crippen MR) is 90.3 cm³/mol. The van der Waals surface area contributed by atoms with Crippen LogP contribution in [0.1, 0.15) is 0 Å². The second kappa shape index (κ2) is 6.48. The zero-order chi connectivity index (χ0) is 15.6. The number of sulfonamides is 1. The Balaban J connectivity index is 2.44. The number of hydrogen-bond acceptors (Lipinski definition) is 3. The third-order valence-corrected chi connectivity index (χ3v) is 6.33. The summed E-state index contributed by atoms with van der Waals surface area (Å²) in [5, 5.41) is 0.528. The number of anilines is 1. The van der Waals surface area contributed by atoms with Crippen LogP contribution >= 0.6 is 35.0 Å². The van der Waals surface area contributed by atoms with Gasteiger partial charge in [-0.05, 0) is 42.7 Å². The van der Waals surface area contributed by atoms with Gasteiger partial charge in [0.1, 0.15) is 0 Å². The minimum atomic E-state index is -3.68. The molecule has 0 atom stereocenters. The van der Waals surface area contributed by atoms with Crippen LogP contribution < -0.4 is 4.31 Å². The van der Waals surface area contributed by atoms with Crippen molar-refractivity contribution in [3.63, 3.8) is 0 Å². The normalized spacial score (nSPS) is 11.4. The number of hydrogen-bond donors (Lipinski definition) is 0. The summed E-state index contributed by atoms with van der Waals surface area (Å²) >= 11 is 13.6. The van der Waals surface area contributed by atoms with Gasteiger partial charge in [0.25, 0.3) is 10.0 Å². The van der Waals surface area contributed by atoms with Crippen molar-refractivity contribution in [3.8, 4) is 0 Å². The van der Waals surface area contributed by atoms with Crippen LogP contribution in [0.3, 0.4) is 0 Å². The highest BCUT2D eigenvalue weighted by atomic mass is 35.5. The van der Waals surface area contributed by atoms with Crippen LogP contribution in [0.25, 0.3) is 0 Å². The van der Waals surface area contributed by atoms with Crippen LogP contribution in [0.4, 0.5) is 5.69 Å². The van der Waals surface area contributed by atoms with Gasteiger partial charge in [-0.2, -0.15) is 0 Å². The van der Waals surface area contributed by atoms with Crippen molar-refractivity contribution in [2.75, 3.05) is 17.6 Å². The molecule has 0 aliphatic rings. The smallest absolute Gasteiger partial charge is 0.264 e. The molecule has 0 aliphatic heterocycles. The van der Waals surface area contributed by atoms with Gasteiger partial charge in [-0.15, -0.1) is 11.8 Å². The molecule has 0 unspecified atom stereocenters.